The summed E-state index contributed by atoms with van der Waals surface area (Å²) in [5, 5.41) is 3.45. The van der Waals surface area contributed by atoms with E-state index in [1.807, 2.05) is 29.2 Å². The first kappa shape index (κ1) is 13.9. The lowest BCUT2D eigenvalue weighted by atomic mass is 10.2. The molecule has 0 bridgehead atoms. The number of carbonyl (C=O) groups excluding carboxylic acids is 1. The van der Waals surface area contributed by atoms with Gasteiger partial charge in [0.1, 0.15) is 0 Å². The second-order valence-electron chi connectivity index (χ2n) is 4.59. The van der Waals surface area contributed by atoms with Crippen LogP contribution in [0.25, 0.3) is 6.08 Å². The summed E-state index contributed by atoms with van der Waals surface area (Å²) in [4.78, 5) is 15.9. The number of halogens is 1. The molecular weight excluding hydrogens is 262 g/mol. The second kappa shape index (κ2) is 6.59. The van der Waals surface area contributed by atoms with Gasteiger partial charge in [0.05, 0.1) is 0 Å². The van der Waals surface area contributed by atoms with Crippen LogP contribution in [-0.2, 0) is 0 Å². The smallest absolute Gasteiger partial charge is 0.321 e. The van der Waals surface area contributed by atoms with Crippen LogP contribution < -0.4 is 5.32 Å². The lowest BCUT2D eigenvalue weighted by Crippen LogP contribution is -2.49. The molecule has 1 aromatic rings. The molecule has 2 amide bonds. The molecule has 1 aliphatic heterocycles. The van der Waals surface area contributed by atoms with Crippen molar-refractivity contribution in [3.05, 3.63) is 41.1 Å². The molecule has 19 heavy (non-hydrogen) atoms. The van der Waals surface area contributed by atoms with Crippen LogP contribution in [0.1, 0.15) is 5.56 Å². The first-order valence-corrected chi connectivity index (χ1v) is 6.69. The molecule has 1 aliphatic rings. The zero-order valence-electron chi connectivity index (χ0n) is 11.0. The van der Waals surface area contributed by atoms with Crippen molar-refractivity contribution >= 4 is 23.7 Å². The molecule has 0 aromatic heterocycles. The molecule has 0 aliphatic carbocycles. The fraction of sp³-hybridized carbons (Fsp3) is 0.357. The number of likely N-dealkylation sites (N-methyl/N-ethyl adjacent to an activating group) is 1. The van der Waals surface area contributed by atoms with Crippen molar-refractivity contribution in [2.75, 3.05) is 33.2 Å². The molecule has 4 nitrogen and oxygen atoms in total. The van der Waals surface area contributed by atoms with Gasteiger partial charge in [0.2, 0.25) is 0 Å². The average Bonchev–Trinajstić information content (AvgIpc) is 2.41. The van der Waals surface area contributed by atoms with Crippen molar-refractivity contribution in [1.82, 2.24) is 15.1 Å². The van der Waals surface area contributed by atoms with Crippen molar-refractivity contribution in [2.45, 2.75) is 0 Å². The molecule has 5 heteroatoms. The number of rotatable bonds is 2. The largest absolute Gasteiger partial charge is 0.322 e. The third kappa shape index (κ3) is 3.98. The summed E-state index contributed by atoms with van der Waals surface area (Å²) in [6.45, 7) is 3.37. The Morgan fingerprint density at radius 3 is 2.63 bits per heavy atom. The molecular formula is C14H18ClN3O. The molecule has 1 aromatic carbocycles. The van der Waals surface area contributed by atoms with E-state index in [0.29, 0.717) is 5.02 Å². The average molecular weight is 280 g/mol. The topological polar surface area (TPSA) is 35.6 Å². The zero-order chi connectivity index (χ0) is 13.7. The first-order chi connectivity index (χ1) is 9.16. The number of piperazine rings is 1. The number of amides is 2. The molecule has 1 fully saturated rings. The van der Waals surface area contributed by atoms with Gasteiger partial charge >= 0.3 is 6.03 Å². The number of nitrogens with one attached hydrogen (secondary N) is 1. The summed E-state index contributed by atoms with van der Waals surface area (Å²) in [5.41, 5.74) is 0.892. The highest BCUT2D eigenvalue weighted by Gasteiger charge is 2.17. The minimum atomic E-state index is -0.0589. The number of hydrogen-bond acceptors (Lipinski definition) is 2. The van der Waals surface area contributed by atoms with Gasteiger partial charge in [0.15, 0.2) is 0 Å². The summed E-state index contributed by atoms with van der Waals surface area (Å²) in [6, 6.07) is 7.46. The van der Waals surface area contributed by atoms with Crippen LogP contribution >= 0.6 is 11.6 Å². The maximum absolute atomic E-state index is 11.9. The number of benzene rings is 1. The molecule has 0 radical (unpaired) electrons. The Kier molecular flexibility index (Phi) is 4.82. The number of nitrogens with zero attached hydrogens (tertiary/aromatic N) is 2. The van der Waals surface area contributed by atoms with Crippen LogP contribution in [-0.4, -0.2) is 49.1 Å². The molecule has 102 valence electrons. The number of carbonyl (C=O) groups is 1. The fourth-order valence-electron chi connectivity index (χ4n) is 1.91. The monoisotopic (exact) mass is 279 g/mol. The second-order valence-corrected chi connectivity index (χ2v) is 5.00. The first-order valence-electron chi connectivity index (χ1n) is 6.32. The molecule has 0 atom stereocenters. The van der Waals surface area contributed by atoms with Crippen LogP contribution in [0.4, 0.5) is 4.79 Å². The van der Waals surface area contributed by atoms with Gasteiger partial charge in [-0.1, -0.05) is 29.8 Å². The van der Waals surface area contributed by atoms with E-state index in [1.165, 1.54) is 0 Å². The molecule has 2 rings (SSSR count). The van der Waals surface area contributed by atoms with E-state index in [-0.39, 0.29) is 6.03 Å². The normalized spacial score (nSPS) is 16.8. The van der Waals surface area contributed by atoms with Crippen molar-refractivity contribution in [2.24, 2.45) is 0 Å². The third-order valence-corrected chi connectivity index (χ3v) is 3.51. The van der Waals surface area contributed by atoms with E-state index in [1.54, 1.807) is 12.3 Å². The zero-order valence-corrected chi connectivity index (χ0v) is 11.7. The third-order valence-electron chi connectivity index (χ3n) is 3.17. The van der Waals surface area contributed by atoms with Gasteiger partial charge in [-0.15, -0.1) is 0 Å². The SMILES string of the molecule is CN1CCN(C(=O)N/C=C/c2ccccc2Cl)CC1. The van der Waals surface area contributed by atoms with Gasteiger partial charge in [0, 0.05) is 37.4 Å². The van der Waals surface area contributed by atoms with Crippen molar-refractivity contribution < 1.29 is 4.79 Å². The van der Waals surface area contributed by atoms with Gasteiger partial charge < -0.3 is 15.1 Å². The minimum absolute atomic E-state index is 0.0589. The van der Waals surface area contributed by atoms with Crippen LogP contribution in [0.2, 0.25) is 5.02 Å². The predicted octanol–water partition coefficient (Wildman–Crippen LogP) is 2.27. The highest BCUT2D eigenvalue weighted by atomic mass is 35.5. The Hall–Kier alpha value is -1.52. The number of urea groups is 1. The Balaban J connectivity index is 1.85. The van der Waals surface area contributed by atoms with Gasteiger partial charge in [-0.3, -0.25) is 0 Å². The van der Waals surface area contributed by atoms with Crippen LogP contribution in [0.15, 0.2) is 30.5 Å². The lowest BCUT2D eigenvalue weighted by Gasteiger charge is -2.31. The summed E-state index contributed by atoms with van der Waals surface area (Å²) in [6.07, 6.45) is 3.44. The Labute approximate surface area is 118 Å². The van der Waals surface area contributed by atoms with E-state index in [0.717, 1.165) is 31.7 Å². The Bertz CT molecular complexity index is 468. The van der Waals surface area contributed by atoms with Crippen LogP contribution in [0, 0.1) is 0 Å². The van der Waals surface area contributed by atoms with Crippen molar-refractivity contribution in [3.8, 4) is 0 Å². The van der Waals surface area contributed by atoms with E-state index < -0.39 is 0 Å². The van der Waals surface area contributed by atoms with Gasteiger partial charge in [-0.05, 0) is 24.8 Å². The van der Waals surface area contributed by atoms with E-state index in [2.05, 4.69) is 17.3 Å². The Morgan fingerprint density at radius 1 is 1.26 bits per heavy atom. The molecule has 1 heterocycles. The predicted molar refractivity (Wildman–Crippen MR) is 78.1 cm³/mol. The Morgan fingerprint density at radius 2 is 1.95 bits per heavy atom. The van der Waals surface area contributed by atoms with E-state index in [4.69, 9.17) is 11.6 Å². The summed E-state index contributed by atoms with van der Waals surface area (Å²) >= 11 is 6.02. The maximum Gasteiger partial charge on any atom is 0.321 e. The van der Waals surface area contributed by atoms with Crippen molar-refractivity contribution in [1.29, 1.82) is 0 Å². The number of hydrogen-bond donors (Lipinski definition) is 1. The van der Waals surface area contributed by atoms with Crippen LogP contribution in [0.5, 0.6) is 0 Å². The van der Waals surface area contributed by atoms with Crippen LogP contribution in [0.3, 0.4) is 0 Å². The van der Waals surface area contributed by atoms with Gasteiger partial charge in [-0.25, -0.2) is 4.79 Å². The van der Waals surface area contributed by atoms with E-state index >= 15 is 0 Å². The highest BCUT2D eigenvalue weighted by molar-refractivity contribution is 6.32. The fourth-order valence-corrected chi connectivity index (χ4v) is 2.11. The van der Waals surface area contributed by atoms with Gasteiger partial charge in [-0.2, -0.15) is 0 Å². The molecule has 1 N–H and O–H groups in total. The molecule has 0 spiro atoms. The summed E-state index contributed by atoms with van der Waals surface area (Å²) < 4.78 is 0. The van der Waals surface area contributed by atoms with Gasteiger partial charge in [0.25, 0.3) is 0 Å². The summed E-state index contributed by atoms with van der Waals surface area (Å²) in [7, 11) is 2.06. The molecule has 1 saturated heterocycles. The van der Waals surface area contributed by atoms with Crippen molar-refractivity contribution in [3.63, 3.8) is 0 Å². The maximum atomic E-state index is 11.9. The highest BCUT2D eigenvalue weighted by Crippen LogP contribution is 2.15. The molecule has 0 unspecified atom stereocenters. The lowest BCUT2D eigenvalue weighted by molar-refractivity contribution is 0.157. The standard InChI is InChI=1S/C14H18ClN3O/c1-17-8-10-18(11-9-17)14(19)16-7-6-12-4-2-3-5-13(12)15/h2-7H,8-11H2,1H3,(H,16,19)/b7-6+. The quantitative estimate of drug-likeness (QED) is 0.901. The molecule has 0 saturated carbocycles. The minimum Gasteiger partial charge on any atom is -0.322 e. The van der Waals surface area contributed by atoms with E-state index in [9.17, 15) is 4.79 Å². The summed E-state index contributed by atoms with van der Waals surface area (Å²) in [5.74, 6) is 0.